The first-order valence-corrected chi connectivity index (χ1v) is 14.6. The molecule has 1 aromatic carbocycles. The molecule has 1 saturated carbocycles. The standard InChI is InChI=1S/C18H18Cl2F2N2O.C8H15NO2.C5H12/c1-11(24-10-25)6-15(19)17(21)5-3-13-8-23-9-14(13)12-2-4-18(22)16(20)7-12;10-6-9-4-3-7-1-2-8(11)5-7;1-5(2,3)4/h2-7,10,13-14,23H,8-9H2,1H3,(H,24,25);6-8,11H,1-5H2,(H,9,10);1-4H3/b5-3+,11-6+,17-15-;;/t13-,14-;7-,8-;/m11./s1. The monoisotopic (exact) mass is 615 g/mol. The first-order chi connectivity index (χ1) is 19.2. The maximum Gasteiger partial charge on any atom is 0.211 e. The third-order valence-corrected chi connectivity index (χ3v) is 6.85. The van der Waals surface area contributed by atoms with Crippen molar-refractivity contribution >= 4 is 36.0 Å². The summed E-state index contributed by atoms with van der Waals surface area (Å²) in [7, 11) is 0. The molecule has 3 rings (SSSR count). The van der Waals surface area contributed by atoms with Gasteiger partial charge in [0.05, 0.1) is 16.2 Å². The molecule has 2 aliphatic rings. The molecule has 6 nitrogen and oxygen atoms in total. The number of rotatable bonds is 10. The van der Waals surface area contributed by atoms with E-state index in [1.54, 1.807) is 25.1 Å². The zero-order valence-corrected chi connectivity index (χ0v) is 26.2. The zero-order valence-electron chi connectivity index (χ0n) is 24.7. The SMILES string of the molecule is CC(C)(C)C.C\C(=C/C(Cl)=C(F)\C=C\[C@@H]1CNC[C@@H]1c1ccc(F)c(Cl)c1)NC=O.O=CNCC[C@H]1CC[C@@H](O)C1. The van der Waals surface area contributed by atoms with Crippen molar-refractivity contribution in [2.75, 3.05) is 19.6 Å². The second-order valence-electron chi connectivity index (χ2n) is 11.9. The Morgan fingerprint density at radius 1 is 1.17 bits per heavy atom. The van der Waals surface area contributed by atoms with Crippen LogP contribution in [0.5, 0.6) is 0 Å². The fraction of sp³-hybridized carbons (Fsp3) is 0.548. The molecule has 1 aliphatic carbocycles. The van der Waals surface area contributed by atoms with Crippen LogP contribution < -0.4 is 16.0 Å². The topological polar surface area (TPSA) is 90.5 Å². The molecule has 1 aliphatic heterocycles. The molecule has 41 heavy (non-hydrogen) atoms. The van der Waals surface area contributed by atoms with Gasteiger partial charge in [-0.05, 0) is 79.7 Å². The molecule has 4 atom stereocenters. The van der Waals surface area contributed by atoms with E-state index < -0.39 is 11.6 Å². The van der Waals surface area contributed by atoms with Gasteiger partial charge in [-0.3, -0.25) is 9.59 Å². The van der Waals surface area contributed by atoms with E-state index in [1.165, 1.54) is 18.2 Å². The predicted molar refractivity (Wildman–Crippen MR) is 164 cm³/mol. The van der Waals surface area contributed by atoms with E-state index in [9.17, 15) is 18.4 Å². The molecule has 0 unspecified atom stereocenters. The average Bonchev–Trinajstić information content (AvgIpc) is 3.52. The minimum Gasteiger partial charge on any atom is -0.393 e. The molecule has 0 aromatic heterocycles. The summed E-state index contributed by atoms with van der Waals surface area (Å²) in [6.45, 7) is 12.5. The number of hydrogen-bond donors (Lipinski definition) is 4. The molecule has 10 heteroatoms. The molecule has 1 saturated heterocycles. The quantitative estimate of drug-likeness (QED) is 0.133. The van der Waals surface area contributed by atoms with E-state index in [4.69, 9.17) is 28.3 Å². The smallest absolute Gasteiger partial charge is 0.211 e. The van der Waals surface area contributed by atoms with Gasteiger partial charge in [0, 0.05) is 31.2 Å². The fourth-order valence-corrected chi connectivity index (χ4v) is 4.76. The van der Waals surface area contributed by atoms with Gasteiger partial charge in [-0.25, -0.2) is 8.78 Å². The number of benzene rings is 1. The summed E-state index contributed by atoms with van der Waals surface area (Å²) in [5.41, 5.74) is 1.83. The summed E-state index contributed by atoms with van der Waals surface area (Å²) in [5, 5.41) is 17.4. The second kappa shape index (κ2) is 19.0. The Bertz CT molecular complexity index is 1050. The van der Waals surface area contributed by atoms with E-state index >= 15 is 0 Å². The molecule has 2 fully saturated rings. The van der Waals surface area contributed by atoms with E-state index in [2.05, 4.69) is 43.6 Å². The molecule has 2 amide bonds. The Morgan fingerprint density at radius 3 is 2.41 bits per heavy atom. The first kappa shape index (κ1) is 36.8. The van der Waals surface area contributed by atoms with Gasteiger partial charge in [-0.1, -0.05) is 63.0 Å². The highest BCUT2D eigenvalue weighted by Crippen LogP contribution is 2.32. The van der Waals surface area contributed by atoms with Gasteiger partial charge in [0.15, 0.2) is 0 Å². The lowest BCUT2D eigenvalue weighted by atomic mass is 9.88. The third kappa shape index (κ3) is 16.1. The van der Waals surface area contributed by atoms with Crippen LogP contribution >= 0.6 is 23.2 Å². The molecule has 0 bridgehead atoms. The normalized spacial score (nSPS) is 23.1. The summed E-state index contributed by atoms with van der Waals surface area (Å²) >= 11 is 11.7. The van der Waals surface area contributed by atoms with Crippen molar-refractivity contribution < 1.29 is 23.5 Å². The van der Waals surface area contributed by atoms with Crippen LogP contribution in [0.1, 0.15) is 71.8 Å². The number of hydrogen-bond acceptors (Lipinski definition) is 4. The summed E-state index contributed by atoms with van der Waals surface area (Å²) in [6, 6.07) is 4.63. The summed E-state index contributed by atoms with van der Waals surface area (Å²) < 4.78 is 27.4. The van der Waals surface area contributed by atoms with Crippen LogP contribution in [0, 0.1) is 23.1 Å². The summed E-state index contributed by atoms with van der Waals surface area (Å²) in [6.07, 6.45) is 9.48. The van der Waals surface area contributed by atoms with Crippen LogP contribution in [0.3, 0.4) is 0 Å². The van der Waals surface area contributed by atoms with Crippen molar-refractivity contribution in [2.24, 2.45) is 17.3 Å². The summed E-state index contributed by atoms with van der Waals surface area (Å²) in [5.74, 6) is -0.353. The molecule has 1 aromatic rings. The lowest BCUT2D eigenvalue weighted by Gasteiger charge is -2.16. The van der Waals surface area contributed by atoms with E-state index in [1.807, 2.05) is 0 Å². The second-order valence-corrected chi connectivity index (χ2v) is 12.8. The van der Waals surface area contributed by atoms with Gasteiger partial charge in [-0.2, -0.15) is 0 Å². The van der Waals surface area contributed by atoms with Gasteiger partial charge in [0.25, 0.3) is 0 Å². The lowest BCUT2D eigenvalue weighted by molar-refractivity contribution is -0.110. The van der Waals surface area contributed by atoms with Gasteiger partial charge >= 0.3 is 0 Å². The Hall–Kier alpha value is -2.26. The van der Waals surface area contributed by atoms with Gasteiger partial charge < -0.3 is 21.1 Å². The first-order valence-electron chi connectivity index (χ1n) is 13.9. The molecule has 230 valence electrons. The van der Waals surface area contributed by atoms with Crippen LogP contribution in [0.2, 0.25) is 5.02 Å². The van der Waals surface area contributed by atoms with E-state index in [0.717, 1.165) is 44.2 Å². The van der Waals surface area contributed by atoms with Crippen molar-refractivity contribution in [2.45, 2.75) is 72.3 Å². The highest BCUT2D eigenvalue weighted by atomic mass is 35.5. The Balaban J connectivity index is 0.000000431. The van der Waals surface area contributed by atoms with Crippen LogP contribution in [-0.4, -0.2) is 43.7 Å². The number of aliphatic hydroxyl groups excluding tert-OH is 1. The Labute approximate surface area is 253 Å². The van der Waals surface area contributed by atoms with Crippen LogP contribution in [0.25, 0.3) is 0 Å². The number of halogens is 4. The van der Waals surface area contributed by atoms with Crippen molar-refractivity contribution in [3.63, 3.8) is 0 Å². The molecular formula is C31H45Cl2F2N3O3. The number of amides is 2. The van der Waals surface area contributed by atoms with Crippen LogP contribution in [0.4, 0.5) is 8.78 Å². The number of carbonyl (C=O) groups is 2. The van der Waals surface area contributed by atoms with Gasteiger partial charge in [0.1, 0.15) is 11.6 Å². The lowest BCUT2D eigenvalue weighted by Crippen LogP contribution is -2.15. The molecule has 4 N–H and O–H groups in total. The van der Waals surface area contributed by atoms with Crippen LogP contribution in [-0.2, 0) is 9.59 Å². The van der Waals surface area contributed by atoms with E-state index in [0.29, 0.717) is 36.5 Å². The van der Waals surface area contributed by atoms with Crippen molar-refractivity contribution in [1.29, 1.82) is 0 Å². The zero-order chi connectivity index (χ0) is 31.0. The highest BCUT2D eigenvalue weighted by Gasteiger charge is 2.27. The predicted octanol–water partition coefficient (Wildman–Crippen LogP) is 6.74. The highest BCUT2D eigenvalue weighted by molar-refractivity contribution is 6.31. The Kier molecular flexibility index (Phi) is 17.1. The van der Waals surface area contributed by atoms with Crippen molar-refractivity contribution in [3.8, 4) is 0 Å². The van der Waals surface area contributed by atoms with Gasteiger partial charge in [-0.15, -0.1) is 0 Å². The fourth-order valence-electron chi connectivity index (χ4n) is 4.35. The maximum absolute atomic E-state index is 14.1. The van der Waals surface area contributed by atoms with Crippen LogP contribution in [0.15, 0.2) is 53.0 Å². The molecular weight excluding hydrogens is 571 g/mol. The number of nitrogens with one attached hydrogen (secondary N) is 3. The third-order valence-electron chi connectivity index (χ3n) is 6.27. The largest absolute Gasteiger partial charge is 0.393 e. The Morgan fingerprint density at radius 2 is 1.85 bits per heavy atom. The van der Waals surface area contributed by atoms with Gasteiger partial charge in [0.2, 0.25) is 12.8 Å². The van der Waals surface area contributed by atoms with Crippen molar-refractivity contribution in [1.82, 2.24) is 16.0 Å². The van der Waals surface area contributed by atoms with E-state index in [-0.39, 0.29) is 28.0 Å². The molecule has 1 heterocycles. The minimum absolute atomic E-state index is 0.0231. The molecule has 0 spiro atoms. The minimum atomic E-state index is -0.600. The number of carbonyl (C=O) groups excluding carboxylic acids is 2. The summed E-state index contributed by atoms with van der Waals surface area (Å²) in [4.78, 5) is 20.2. The average molecular weight is 617 g/mol. The molecule has 0 radical (unpaired) electrons. The van der Waals surface area contributed by atoms with Crippen molar-refractivity contribution in [3.05, 3.63) is 69.4 Å². The maximum atomic E-state index is 14.1. The number of aliphatic hydroxyl groups is 1. The number of allylic oxidation sites excluding steroid dienone is 5.